The Morgan fingerprint density at radius 1 is 0.786 bits per heavy atom. The van der Waals surface area contributed by atoms with Gasteiger partial charge in [-0.2, -0.15) is 0 Å². The molecule has 0 saturated carbocycles. The molecule has 0 atom stereocenters. The van der Waals surface area contributed by atoms with Gasteiger partial charge >= 0.3 is 0 Å². The first-order valence-corrected chi connectivity index (χ1v) is 8.77. The average molecular weight is 378 g/mol. The molecule has 3 aromatic carbocycles. The van der Waals surface area contributed by atoms with Crippen LogP contribution in [-0.4, -0.2) is 26.7 Å². The first-order valence-electron chi connectivity index (χ1n) is 8.77. The second-order valence-corrected chi connectivity index (χ2v) is 5.88. The van der Waals surface area contributed by atoms with Gasteiger partial charge in [0.15, 0.2) is 5.75 Å². The summed E-state index contributed by atoms with van der Waals surface area (Å²) in [6, 6.07) is 22.2. The number of methoxy groups -OCH3 is 2. The largest absolute Gasteiger partial charge is 0.497 e. The number of hydrogen-bond donors (Lipinski definition) is 2. The van der Waals surface area contributed by atoms with Crippen molar-refractivity contribution in [3.8, 4) is 23.0 Å². The van der Waals surface area contributed by atoms with E-state index >= 15 is 0 Å². The van der Waals surface area contributed by atoms with Crippen LogP contribution in [-0.2, 0) is 4.79 Å². The minimum Gasteiger partial charge on any atom is -0.497 e. The quantitative estimate of drug-likeness (QED) is 0.602. The molecule has 0 aliphatic carbocycles. The maximum Gasteiger partial charge on any atom is 0.243 e. The summed E-state index contributed by atoms with van der Waals surface area (Å²) < 4.78 is 16.4. The predicted molar refractivity (Wildman–Crippen MR) is 110 cm³/mol. The monoisotopic (exact) mass is 378 g/mol. The highest BCUT2D eigenvalue weighted by Crippen LogP contribution is 2.30. The molecule has 0 aliphatic rings. The summed E-state index contributed by atoms with van der Waals surface area (Å²) >= 11 is 0. The molecule has 144 valence electrons. The van der Waals surface area contributed by atoms with Gasteiger partial charge in [-0.15, -0.1) is 0 Å². The fourth-order valence-corrected chi connectivity index (χ4v) is 2.59. The van der Waals surface area contributed by atoms with Gasteiger partial charge < -0.3 is 24.8 Å². The maximum absolute atomic E-state index is 12.4. The van der Waals surface area contributed by atoms with Crippen LogP contribution in [0.2, 0.25) is 0 Å². The molecule has 0 aromatic heterocycles. The molecule has 3 aromatic rings. The van der Waals surface area contributed by atoms with Gasteiger partial charge in [0, 0.05) is 6.07 Å². The van der Waals surface area contributed by atoms with Crippen LogP contribution >= 0.6 is 0 Å². The maximum atomic E-state index is 12.4. The molecule has 0 unspecified atom stereocenters. The Morgan fingerprint density at radius 3 is 2.29 bits per heavy atom. The van der Waals surface area contributed by atoms with Crippen molar-refractivity contribution in [2.75, 3.05) is 31.4 Å². The molecule has 0 spiro atoms. The first kappa shape index (κ1) is 19.1. The lowest BCUT2D eigenvalue weighted by Gasteiger charge is -2.14. The number of amides is 1. The number of carbonyl (C=O) groups excluding carboxylic acids is 1. The first-order chi connectivity index (χ1) is 13.7. The lowest BCUT2D eigenvalue weighted by molar-refractivity contribution is -0.114. The lowest BCUT2D eigenvalue weighted by atomic mass is 10.2. The van der Waals surface area contributed by atoms with Gasteiger partial charge in [0.25, 0.3) is 0 Å². The van der Waals surface area contributed by atoms with E-state index in [9.17, 15) is 4.79 Å². The molecule has 6 nitrogen and oxygen atoms in total. The van der Waals surface area contributed by atoms with Crippen LogP contribution in [0.4, 0.5) is 11.4 Å². The topological polar surface area (TPSA) is 68.8 Å². The Kier molecular flexibility index (Phi) is 6.36. The second-order valence-electron chi connectivity index (χ2n) is 5.88. The minimum atomic E-state index is -0.210. The van der Waals surface area contributed by atoms with Gasteiger partial charge in [0.2, 0.25) is 5.91 Å². The Balaban J connectivity index is 1.64. The molecule has 0 heterocycles. The van der Waals surface area contributed by atoms with Crippen LogP contribution in [0.1, 0.15) is 0 Å². The van der Waals surface area contributed by atoms with Crippen molar-refractivity contribution < 1.29 is 19.0 Å². The molecule has 3 rings (SSSR count). The highest BCUT2D eigenvalue weighted by atomic mass is 16.5. The normalized spacial score (nSPS) is 10.1. The van der Waals surface area contributed by atoms with Gasteiger partial charge in [-0.25, -0.2) is 0 Å². The summed E-state index contributed by atoms with van der Waals surface area (Å²) in [5.74, 6) is 2.34. The molecule has 28 heavy (non-hydrogen) atoms. The van der Waals surface area contributed by atoms with Gasteiger partial charge in [-0.1, -0.05) is 30.3 Å². The van der Waals surface area contributed by atoms with E-state index in [1.165, 1.54) is 0 Å². The van der Waals surface area contributed by atoms with E-state index in [1.807, 2.05) is 54.6 Å². The summed E-state index contributed by atoms with van der Waals surface area (Å²) in [5.41, 5.74) is 1.30. The highest BCUT2D eigenvalue weighted by molar-refractivity contribution is 5.95. The number of nitrogens with one attached hydrogen (secondary N) is 2. The molecular formula is C22H22N2O4. The number of para-hydroxylation sites is 3. The van der Waals surface area contributed by atoms with E-state index in [2.05, 4.69) is 10.6 Å². The van der Waals surface area contributed by atoms with Gasteiger partial charge in [-0.3, -0.25) is 4.79 Å². The Hall–Kier alpha value is -3.67. The number of hydrogen-bond acceptors (Lipinski definition) is 5. The molecule has 0 aliphatic heterocycles. The van der Waals surface area contributed by atoms with Crippen LogP contribution in [0.25, 0.3) is 0 Å². The van der Waals surface area contributed by atoms with Gasteiger partial charge in [0.1, 0.15) is 17.2 Å². The Labute approximate surface area is 164 Å². The predicted octanol–water partition coefficient (Wildman–Crippen LogP) is 4.55. The molecule has 6 heteroatoms. The Bertz CT molecular complexity index is 929. The van der Waals surface area contributed by atoms with Crippen LogP contribution < -0.4 is 24.8 Å². The summed E-state index contributed by atoms with van der Waals surface area (Å²) in [4.78, 5) is 12.4. The molecular weight excluding hydrogens is 356 g/mol. The van der Waals surface area contributed by atoms with Crippen LogP contribution in [0.15, 0.2) is 72.8 Å². The van der Waals surface area contributed by atoms with Crippen molar-refractivity contribution >= 4 is 17.3 Å². The summed E-state index contributed by atoms with van der Waals surface area (Å²) in [7, 11) is 3.12. The second kappa shape index (κ2) is 9.32. The van der Waals surface area contributed by atoms with Crippen molar-refractivity contribution in [3.63, 3.8) is 0 Å². The Morgan fingerprint density at radius 2 is 1.54 bits per heavy atom. The molecule has 1 amide bonds. The summed E-state index contributed by atoms with van der Waals surface area (Å²) in [5, 5.41) is 5.94. The zero-order chi connectivity index (χ0) is 19.8. The minimum absolute atomic E-state index is 0.0738. The van der Waals surface area contributed by atoms with Gasteiger partial charge in [0.05, 0.1) is 32.1 Å². The van der Waals surface area contributed by atoms with Crippen molar-refractivity contribution in [1.29, 1.82) is 0 Å². The molecule has 0 saturated heterocycles. The van der Waals surface area contributed by atoms with Crippen LogP contribution in [0.5, 0.6) is 23.0 Å². The van der Waals surface area contributed by atoms with E-state index in [1.54, 1.807) is 32.4 Å². The molecule has 2 N–H and O–H groups in total. The van der Waals surface area contributed by atoms with E-state index in [4.69, 9.17) is 14.2 Å². The zero-order valence-corrected chi connectivity index (χ0v) is 15.8. The smallest absolute Gasteiger partial charge is 0.243 e. The summed E-state index contributed by atoms with van der Waals surface area (Å²) in [6.45, 7) is 0.0738. The third kappa shape index (κ3) is 4.94. The molecule has 0 bridgehead atoms. The lowest BCUT2D eigenvalue weighted by Crippen LogP contribution is -2.22. The van der Waals surface area contributed by atoms with Gasteiger partial charge in [-0.05, 0) is 36.4 Å². The molecule has 0 radical (unpaired) electrons. The standard InChI is InChI=1S/C22H22N2O4/c1-26-17-12-13-19(21(14-17)27-2)24-22(25)15-23-18-10-6-7-11-20(18)28-16-8-4-3-5-9-16/h3-14,23H,15H2,1-2H3,(H,24,25). The third-order valence-corrected chi connectivity index (χ3v) is 3.98. The van der Waals surface area contributed by atoms with Crippen LogP contribution in [0, 0.1) is 0 Å². The number of benzene rings is 3. The van der Waals surface area contributed by atoms with E-state index < -0.39 is 0 Å². The highest BCUT2D eigenvalue weighted by Gasteiger charge is 2.10. The SMILES string of the molecule is COc1ccc(NC(=O)CNc2ccccc2Oc2ccccc2)c(OC)c1. The fraction of sp³-hybridized carbons (Fsp3) is 0.136. The van der Waals surface area contributed by atoms with Crippen molar-refractivity contribution in [3.05, 3.63) is 72.8 Å². The van der Waals surface area contributed by atoms with E-state index in [0.29, 0.717) is 22.9 Å². The summed E-state index contributed by atoms with van der Waals surface area (Å²) in [6.07, 6.45) is 0. The van der Waals surface area contributed by atoms with Crippen molar-refractivity contribution in [1.82, 2.24) is 0 Å². The number of rotatable bonds is 8. The zero-order valence-electron chi connectivity index (χ0n) is 15.8. The molecule has 0 fully saturated rings. The number of carbonyl (C=O) groups is 1. The number of anilines is 2. The van der Waals surface area contributed by atoms with Crippen molar-refractivity contribution in [2.45, 2.75) is 0 Å². The van der Waals surface area contributed by atoms with E-state index in [-0.39, 0.29) is 12.5 Å². The van der Waals surface area contributed by atoms with E-state index in [0.717, 1.165) is 11.4 Å². The van der Waals surface area contributed by atoms with Crippen molar-refractivity contribution in [2.24, 2.45) is 0 Å². The van der Waals surface area contributed by atoms with Crippen LogP contribution in [0.3, 0.4) is 0 Å². The fourth-order valence-electron chi connectivity index (χ4n) is 2.59. The third-order valence-electron chi connectivity index (χ3n) is 3.98. The number of ether oxygens (including phenoxy) is 3. The average Bonchev–Trinajstić information content (AvgIpc) is 2.74.